The van der Waals surface area contributed by atoms with Crippen molar-refractivity contribution in [3.05, 3.63) is 36.0 Å². The van der Waals surface area contributed by atoms with Crippen LogP contribution in [-0.2, 0) is 17.6 Å². The monoisotopic (exact) mass is 351 g/mol. The number of imidazole rings is 1. The van der Waals surface area contributed by atoms with Crippen LogP contribution in [0.4, 0.5) is 0 Å². The molecule has 1 atom stereocenters. The molecule has 0 aliphatic rings. The third-order valence-corrected chi connectivity index (χ3v) is 4.40. The van der Waals surface area contributed by atoms with Crippen LogP contribution in [0, 0.1) is 5.92 Å². The predicted octanol–water partition coefficient (Wildman–Crippen LogP) is 2.53. The third-order valence-electron chi connectivity index (χ3n) is 3.32. The standard InChI is InChI=1S/C16H21N3O4S/c1-10(2)8-12(15(21)22)18-14(20)13-5-4-11(23-13)9-24-16-17-6-7-19(16)3/h4-7,10,12H,8-9H2,1-3H3,(H,18,20)(H,21,22). The van der Waals surface area contributed by atoms with Crippen LogP contribution < -0.4 is 5.32 Å². The molecular formula is C16H21N3O4S. The van der Waals surface area contributed by atoms with Gasteiger partial charge in [0.25, 0.3) is 5.91 Å². The van der Waals surface area contributed by atoms with E-state index < -0.39 is 17.9 Å². The van der Waals surface area contributed by atoms with E-state index in [1.165, 1.54) is 11.8 Å². The van der Waals surface area contributed by atoms with E-state index in [2.05, 4.69) is 10.3 Å². The maximum absolute atomic E-state index is 12.1. The Morgan fingerprint density at radius 2 is 2.17 bits per heavy atom. The normalized spacial score (nSPS) is 12.3. The van der Waals surface area contributed by atoms with Gasteiger partial charge in [-0.2, -0.15) is 0 Å². The van der Waals surface area contributed by atoms with Crippen LogP contribution in [0.5, 0.6) is 0 Å². The number of furan rings is 1. The lowest BCUT2D eigenvalue weighted by Crippen LogP contribution is -2.41. The summed E-state index contributed by atoms with van der Waals surface area (Å²) in [6.07, 6.45) is 3.93. The number of carbonyl (C=O) groups is 2. The number of amides is 1. The summed E-state index contributed by atoms with van der Waals surface area (Å²) < 4.78 is 7.40. The fourth-order valence-electron chi connectivity index (χ4n) is 2.13. The molecular weight excluding hydrogens is 330 g/mol. The van der Waals surface area contributed by atoms with Gasteiger partial charge in [0.2, 0.25) is 0 Å². The molecule has 1 amide bonds. The van der Waals surface area contributed by atoms with Crippen molar-refractivity contribution in [3.8, 4) is 0 Å². The Hall–Kier alpha value is -2.22. The number of thioether (sulfide) groups is 1. The molecule has 0 spiro atoms. The van der Waals surface area contributed by atoms with Crippen molar-refractivity contribution in [1.29, 1.82) is 0 Å². The molecule has 2 N–H and O–H groups in total. The smallest absolute Gasteiger partial charge is 0.326 e. The van der Waals surface area contributed by atoms with Crippen molar-refractivity contribution in [2.45, 2.75) is 37.2 Å². The number of aromatic nitrogens is 2. The lowest BCUT2D eigenvalue weighted by atomic mass is 10.0. The average molecular weight is 351 g/mol. The number of hydrogen-bond donors (Lipinski definition) is 2. The third kappa shape index (κ3) is 4.89. The molecule has 2 rings (SSSR count). The van der Waals surface area contributed by atoms with Gasteiger partial charge in [-0.3, -0.25) is 4.79 Å². The quantitative estimate of drug-likeness (QED) is 0.709. The van der Waals surface area contributed by atoms with Gasteiger partial charge in [-0.1, -0.05) is 25.6 Å². The molecule has 1 unspecified atom stereocenters. The van der Waals surface area contributed by atoms with Crippen molar-refractivity contribution in [1.82, 2.24) is 14.9 Å². The van der Waals surface area contributed by atoms with E-state index in [1.54, 1.807) is 18.3 Å². The number of carboxylic acids is 1. The summed E-state index contributed by atoms with van der Waals surface area (Å²) in [6, 6.07) is 2.34. The van der Waals surface area contributed by atoms with Crippen molar-refractivity contribution in [2.24, 2.45) is 13.0 Å². The number of aryl methyl sites for hydroxylation is 1. The highest BCUT2D eigenvalue weighted by Crippen LogP contribution is 2.22. The van der Waals surface area contributed by atoms with Crippen LogP contribution >= 0.6 is 11.8 Å². The lowest BCUT2D eigenvalue weighted by Gasteiger charge is -2.15. The fourth-order valence-corrected chi connectivity index (χ4v) is 2.95. The van der Waals surface area contributed by atoms with Gasteiger partial charge >= 0.3 is 5.97 Å². The van der Waals surface area contributed by atoms with Gasteiger partial charge < -0.3 is 19.4 Å². The first-order chi connectivity index (χ1) is 11.4. The van der Waals surface area contributed by atoms with Gasteiger partial charge in [-0.15, -0.1) is 0 Å². The molecule has 0 aromatic carbocycles. The molecule has 0 saturated carbocycles. The maximum Gasteiger partial charge on any atom is 0.326 e. The molecule has 0 aliphatic carbocycles. The summed E-state index contributed by atoms with van der Waals surface area (Å²) in [6.45, 7) is 3.81. The van der Waals surface area contributed by atoms with E-state index in [1.807, 2.05) is 31.7 Å². The molecule has 0 aliphatic heterocycles. The first-order valence-electron chi connectivity index (χ1n) is 7.59. The minimum Gasteiger partial charge on any atom is -0.480 e. The second kappa shape index (κ2) is 8.05. The van der Waals surface area contributed by atoms with Crippen LogP contribution in [0.1, 0.15) is 36.6 Å². The number of nitrogens with zero attached hydrogens (tertiary/aromatic N) is 2. The Bertz CT molecular complexity index is 708. The second-order valence-electron chi connectivity index (χ2n) is 5.87. The Morgan fingerprint density at radius 1 is 1.42 bits per heavy atom. The first kappa shape index (κ1) is 18.1. The van der Waals surface area contributed by atoms with Crippen molar-refractivity contribution in [3.63, 3.8) is 0 Å². The largest absolute Gasteiger partial charge is 0.480 e. The zero-order chi connectivity index (χ0) is 17.7. The first-order valence-corrected chi connectivity index (χ1v) is 8.58. The Balaban J connectivity index is 1.95. The molecule has 0 fully saturated rings. The molecule has 0 radical (unpaired) electrons. The molecule has 130 valence electrons. The van der Waals surface area contributed by atoms with Crippen LogP contribution in [0.2, 0.25) is 0 Å². The summed E-state index contributed by atoms with van der Waals surface area (Å²) >= 11 is 1.49. The van der Waals surface area contributed by atoms with Crippen LogP contribution in [0.15, 0.2) is 34.1 Å². The number of carboxylic acid groups (broad SMARTS) is 1. The summed E-state index contributed by atoms with van der Waals surface area (Å²) in [5.41, 5.74) is 0. The van der Waals surface area contributed by atoms with Gasteiger partial charge in [0.1, 0.15) is 11.8 Å². The summed E-state index contributed by atoms with van der Waals surface area (Å²) in [5, 5.41) is 12.5. The molecule has 2 aromatic rings. The summed E-state index contributed by atoms with van der Waals surface area (Å²) in [4.78, 5) is 27.6. The molecule has 8 heteroatoms. The van der Waals surface area contributed by atoms with Gasteiger partial charge in [-0.25, -0.2) is 9.78 Å². The topological polar surface area (TPSA) is 97.4 Å². The second-order valence-corrected chi connectivity index (χ2v) is 6.81. The van der Waals surface area contributed by atoms with E-state index in [0.29, 0.717) is 17.9 Å². The van der Waals surface area contributed by atoms with Gasteiger partial charge in [0.05, 0.1) is 5.75 Å². The zero-order valence-electron chi connectivity index (χ0n) is 13.9. The van der Waals surface area contributed by atoms with Crippen molar-refractivity contribution >= 4 is 23.6 Å². The van der Waals surface area contributed by atoms with Crippen LogP contribution in [-0.4, -0.2) is 32.6 Å². The zero-order valence-corrected chi connectivity index (χ0v) is 14.7. The fraction of sp³-hybridized carbons (Fsp3) is 0.438. The number of hydrogen-bond acceptors (Lipinski definition) is 5. The minimum absolute atomic E-state index is 0.112. The van der Waals surface area contributed by atoms with Gasteiger partial charge in [0.15, 0.2) is 10.9 Å². The van der Waals surface area contributed by atoms with E-state index in [0.717, 1.165) is 5.16 Å². The maximum atomic E-state index is 12.1. The molecule has 0 bridgehead atoms. The van der Waals surface area contributed by atoms with Gasteiger partial charge in [-0.05, 0) is 24.5 Å². The number of carbonyl (C=O) groups excluding carboxylic acids is 1. The summed E-state index contributed by atoms with van der Waals surface area (Å²) in [7, 11) is 1.90. The Kier molecular flexibility index (Phi) is 6.08. The average Bonchev–Trinajstić information content (AvgIpc) is 3.12. The number of rotatable bonds is 8. The minimum atomic E-state index is -1.05. The highest BCUT2D eigenvalue weighted by atomic mass is 32.2. The van der Waals surface area contributed by atoms with Crippen LogP contribution in [0.25, 0.3) is 0 Å². The number of nitrogens with one attached hydrogen (secondary N) is 1. The molecule has 24 heavy (non-hydrogen) atoms. The highest BCUT2D eigenvalue weighted by Gasteiger charge is 2.23. The van der Waals surface area contributed by atoms with E-state index in [4.69, 9.17) is 4.42 Å². The van der Waals surface area contributed by atoms with E-state index >= 15 is 0 Å². The SMILES string of the molecule is CC(C)CC(NC(=O)c1ccc(CSc2nccn2C)o1)C(=O)O. The molecule has 0 saturated heterocycles. The van der Waals surface area contributed by atoms with Crippen molar-refractivity contribution < 1.29 is 19.1 Å². The Labute approximate surface area is 144 Å². The van der Waals surface area contributed by atoms with Crippen molar-refractivity contribution in [2.75, 3.05) is 0 Å². The Morgan fingerprint density at radius 3 is 2.75 bits per heavy atom. The predicted molar refractivity (Wildman–Crippen MR) is 89.8 cm³/mol. The van der Waals surface area contributed by atoms with E-state index in [-0.39, 0.29) is 11.7 Å². The molecule has 7 nitrogen and oxygen atoms in total. The highest BCUT2D eigenvalue weighted by molar-refractivity contribution is 7.98. The van der Waals surface area contributed by atoms with Crippen LogP contribution in [0.3, 0.4) is 0 Å². The molecule has 2 aromatic heterocycles. The summed E-state index contributed by atoms with van der Waals surface area (Å²) in [5.74, 6) is -0.130. The molecule has 2 heterocycles. The van der Waals surface area contributed by atoms with Gasteiger partial charge in [0, 0.05) is 19.4 Å². The number of aliphatic carboxylic acids is 1. The lowest BCUT2D eigenvalue weighted by molar-refractivity contribution is -0.139. The van der Waals surface area contributed by atoms with E-state index in [9.17, 15) is 14.7 Å².